The Labute approximate surface area is 686 Å². The van der Waals surface area contributed by atoms with Crippen molar-refractivity contribution in [2.24, 2.45) is 0 Å². The zero-order chi connectivity index (χ0) is 79.1. The molecule has 0 fully saturated rings. The maximum atomic E-state index is 4.21. The van der Waals surface area contributed by atoms with E-state index in [0.717, 1.165) is 45.3 Å². The predicted molar refractivity (Wildman–Crippen MR) is 495 cm³/mol. The lowest BCUT2D eigenvalue weighted by molar-refractivity contribution is 0.588. The second-order valence-electron chi connectivity index (χ2n) is 34.4. The van der Waals surface area contributed by atoms with E-state index < -0.39 is 16.2 Å². The van der Waals surface area contributed by atoms with Crippen molar-refractivity contribution in [3.8, 4) is 33.4 Å². The van der Waals surface area contributed by atoms with E-state index in [1.165, 1.54) is 154 Å². The van der Waals surface area contributed by atoms with Crippen molar-refractivity contribution in [3.05, 3.63) is 490 Å². The molecule has 2 heteroatoms. The second kappa shape index (κ2) is 27.1. The molecule has 2 unspecified atom stereocenters. The van der Waals surface area contributed by atoms with Gasteiger partial charge in [-0.15, -0.1) is 0 Å². The Hall–Kier alpha value is -13.9. The van der Waals surface area contributed by atoms with Crippen LogP contribution in [0, 0.1) is 0 Å². The van der Waals surface area contributed by atoms with Crippen molar-refractivity contribution in [1.29, 1.82) is 0 Å². The molecule has 0 radical (unpaired) electrons. The van der Waals surface area contributed by atoms with Crippen LogP contribution in [0.4, 0.5) is 34.1 Å². The third-order valence-electron chi connectivity index (χ3n) is 26.1. The molecule has 3 aliphatic rings. The summed E-state index contributed by atoms with van der Waals surface area (Å²) in [5.41, 5.74) is 30.5. The Morgan fingerprint density at radius 1 is 0.214 bits per heavy atom. The molecule has 18 aromatic carbocycles. The van der Waals surface area contributed by atoms with E-state index in [1.54, 1.807) is 0 Å². The molecule has 0 spiro atoms. The Morgan fingerprint density at radius 3 is 0.812 bits per heavy atom. The first-order chi connectivity index (χ1) is 57.1. The molecule has 0 N–H and O–H groups in total. The molecule has 0 saturated heterocycles. The van der Waals surface area contributed by atoms with Gasteiger partial charge in [-0.2, -0.15) is 0 Å². The van der Waals surface area contributed by atoms with Gasteiger partial charge in [0.1, 0.15) is 0 Å². The van der Waals surface area contributed by atoms with Crippen LogP contribution >= 0.6 is 0 Å². The number of rotatable bonds is 14. The molecule has 117 heavy (non-hydrogen) atoms. The Kier molecular flexibility index (Phi) is 16.4. The monoisotopic (exact) mass is 1500 g/mol. The molecule has 0 bridgehead atoms. The summed E-state index contributed by atoms with van der Waals surface area (Å²) < 4.78 is 0. The molecule has 3 aliphatic carbocycles. The van der Waals surface area contributed by atoms with Gasteiger partial charge in [0, 0.05) is 34.1 Å². The van der Waals surface area contributed by atoms with E-state index in [0.29, 0.717) is 0 Å². The van der Waals surface area contributed by atoms with E-state index in [4.69, 9.17) is 0 Å². The van der Waals surface area contributed by atoms with Crippen LogP contribution < -0.4 is 9.80 Å². The van der Waals surface area contributed by atoms with Gasteiger partial charge in [-0.25, -0.2) is 0 Å². The summed E-state index contributed by atoms with van der Waals surface area (Å²) >= 11 is 0. The maximum Gasteiger partial charge on any atom is 0.0715 e. The average molecular weight is 1500 g/mol. The number of fused-ring (bicyclic) bond motifs is 15. The van der Waals surface area contributed by atoms with Crippen LogP contribution in [0.5, 0.6) is 0 Å². The summed E-state index contributed by atoms with van der Waals surface area (Å²) in [7, 11) is 0. The summed E-state index contributed by atoms with van der Waals surface area (Å²) in [6, 6.07) is 149. The van der Waals surface area contributed by atoms with E-state index in [9.17, 15) is 0 Å². The molecular formula is C115H88N2. The first-order valence-electron chi connectivity index (χ1n) is 41.2. The molecule has 18 aromatic rings. The Morgan fingerprint density at radius 2 is 0.470 bits per heavy atom. The fraction of sp³-hybridized carbons (Fsp3) is 0.0957. The molecule has 0 aliphatic heterocycles. The van der Waals surface area contributed by atoms with Gasteiger partial charge in [-0.1, -0.05) is 382 Å². The van der Waals surface area contributed by atoms with Gasteiger partial charge < -0.3 is 9.80 Å². The highest BCUT2D eigenvalue weighted by molar-refractivity contribution is 6.10. The van der Waals surface area contributed by atoms with E-state index in [2.05, 4.69) is 453 Å². The summed E-state index contributed by atoms with van der Waals surface area (Å²) in [6.45, 7) is 22.4. The summed E-state index contributed by atoms with van der Waals surface area (Å²) in [6.07, 6.45) is 3.89. The summed E-state index contributed by atoms with van der Waals surface area (Å²) in [5.74, 6) is 0. The number of benzene rings is 18. The minimum Gasteiger partial charge on any atom is -0.310 e. The van der Waals surface area contributed by atoms with Crippen LogP contribution in [0.2, 0.25) is 0 Å². The minimum atomic E-state index is -0.898. The highest BCUT2D eigenvalue weighted by Crippen LogP contribution is 2.63. The van der Waals surface area contributed by atoms with Crippen LogP contribution in [0.25, 0.3) is 88.6 Å². The van der Waals surface area contributed by atoms with E-state index in [-0.39, 0.29) is 10.8 Å². The van der Waals surface area contributed by atoms with Crippen molar-refractivity contribution in [2.45, 2.75) is 68.6 Å². The highest BCUT2D eigenvalue weighted by atomic mass is 15.1. The molecule has 0 aromatic heterocycles. The van der Waals surface area contributed by atoms with Gasteiger partial charge in [0.15, 0.2) is 0 Å². The average Bonchev–Trinajstić information content (AvgIpc) is 1.54. The third kappa shape index (κ3) is 10.9. The largest absolute Gasteiger partial charge is 0.310 e. The van der Waals surface area contributed by atoms with E-state index >= 15 is 0 Å². The van der Waals surface area contributed by atoms with Crippen molar-refractivity contribution in [3.63, 3.8) is 0 Å². The van der Waals surface area contributed by atoms with E-state index in [1.807, 2.05) is 12.2 Å². The molecule has 2 atom stereocenters. The lowest BCUT2D eigenvalue weighted by atomic mass is 9.66. The maximum absolute atomic E-state index is 4.21. The number of nitrogens with zero attached hydrogens (tertiary/aromatic N) is 2. The van der Waals surface area contributed by atoms with Gasteiger partial charge in [-0.3, -0.25) is 0 Å². The van der Waals surface area contributed by atoms with Gasteiger partial charge in [0.25, 0.3) is 0 Å². The molecule has 2 nitrogen and oxygen atoms in total. The SMILES string of the molecule is C=Cc1ccc(C2(c3ccccc3)c3ccccc3-c3ccc(N(c4ccc5c(c4)C(c4ccc(C(C)(C)C)cc4)(c4ccc(C(C)(C)C)cc4)c4cc(N(c6ccc7c(c6)C(c6ccccc6)(c6ccc(C=C)cc6)c6ccccc6-7)c6ccc7c(ccc8ccccc87)c6)ccc4-5)c4ccc5c(ccc6ccccc65)c4)cc32)cc1. The number of hydrogen-bond acceptors (Lipinski definition) is 2. The molecule has 0 heterocycles. The first-order valence-corrected chi connectivity index (χ1v) is 41.2. The van der Waals surface area contributed by atoms with Gasteiger partial charge in [0.05, 0.1) is 16.2 Å². The molecule has 558 valence electrons. The topological polar surface area (TPSA) is 6.48 Å². The van der Waals surface area contributed by atoms with Crippen molar-refractivity contribution in [2.75, 3.05) is 9.80 Å². The summed E-state index contributed by atoms with van der Waals surface area (Å²) in [5, 5.41) is 9.68. The predicted octanol–water partition coefficient (Wildman–Crippen LogP) is 30.2. The zero-order valence-electron chi connectivity index (χ0n) is 66.9. The lowest BCUT2D eigenvalue weighted by Crippen LogP contribution is -2.30. The van der Waals surface area contributed by atoms with Crippen LogP contribution in [-0.4, -0.2) is 0 Å². The molecule has 0 saturated carbocycles. The van der Waals surface area contributed by atoms with Gasteiger partial charge in [-0.05, 0) is 249 Å². The first kappa shape index (κ1) is 70.9. The van der Waals surface area contributed by atoms with Crippen LogP contribution in [-0.2, 0) is 27.1 Å². The van der Waals surface area contributed by atoms with Crippen molar-refractivity contribution < 1.29 is 0 Å². The molecule has 21 rings (SSSR count). The standard InChI is InChI=1S/C115H88N2/c1-9-75-37-45-85(46-38-75)113(83-27-13-11-14-28-83)105-35-23-21-33-99(105)101-65-59-91(71-107(101)113)116(89-57-63-97-79(69-89)43-41-77-25-17-19-31-95(77)97)93-61-67-103-104-68-62-94(74-110(104)115(109(103)73-93,87-53-49-81(50-54-87)111(3,4)5)88-55-51-82(52-56-88)112(6,7)8)117(90-58-64-98-80(70-90)44-42-78-26-18-20-32-96(78)98)92-60-66-102-100-34-22-24-36-106(100)114(108(102)72-92,84-29-15-12-16-30-84)86-47-39-76(10-2)40-48-86/h9-74H,1-2H2,3-8H3. The lowest BCUT2D eigenvalue weighted by Gasteiger charge is -2.37. The number of hydrogen-bond donors (Lipinski definition) is 0. The van der Waals surface area contributed by atoms with Crippen LogP contribution in [0.3, 0.4) is 0 Å². The zero-order valence-corrected chi connectivity index (χ0v) is 66.9. The quantitative estimate of drug-likeness (QED) is 0.100. The minimum absolute atomic E-state index is 0.111. The third-order valence-corrected chi connectivity index (χ3v) is 26.1. The van der Waals surface area contributed by atoms with Crippen molar-refractivity contribution >= 4 is 89.4 Å². The van der Waals surface area contributed by atoms with Crippen LogP contribution in [0.1, 0.15) is 131 Å². The highest BCUT2D eigenvalue weighted by Gasteiger charge is 2.51. The van der Waals surface area contributed by atoms with Gasteiger partial charge in [0.2, 0.25) is 0 Å². The smallest absolute Gasteiger partial charge is 0.0715 e. The van der Waals surface area contributed by atoms with Crippen LogP contribution in [0.15, 0.2) is 401 Å². The Balaban J connectivity index is 0.835. The van der Waals surface area contributed by atoms with Gasteiger partial charge >= 0.3 is 0 Å². The number of anilines is 6. The van der Waals surface area contributed by atoms with Crippen molar-refractivity contribution in [1.82, 2.24) is 0 Å². The second-order valence-corrected chi connectivity index (χ2v) is 34.4. The normalized spacial score (nSPS) is 15.5. The molecule has 0 amide bonds. The summed E-state index contributed by atoms with van der Waals surface area (Å²) in [4.78, 5) is 5.11. The fourth-order valence-electron chi connectivity index (χ4n) is 20.5. The fourth-order valence-corrected chi connectivity index (χ4v) is 20.5. The Bertz CT molecular complexity index is 6610. The molecular weight excluding hydrogens is 1410 g/mol.